The number of nitrogens with two attached hydrogens (primary N) is 1. The third kappa shape index (κ3) is 3.55. The van der Waals surface area contributed by atoms with E-state index in [2.05, 4.69) is 0 Å². The summed E-state index contributed by atoms with van der Waals surface area (Å²) in [4.78, 5) is 14.4. The van der Waals surface area contributed by atoms with Gasteiger partial charge in [0.05, 0.1) is 0 Å². The normalized spacial score (nSPS) is 21.2. The van der Waals surface area contributed by atoms with Crippen LogP contribution in [0.3, 0.4) is 0 Å². The van der Waals surface area contributed by atoms with Crippen molar-refractivity contribution in [2.24, 2.45) is 5.73 Å². The minimum atomic E-state index is -0.503. The van der Waals surface area contributed by atoms with E-state index in [1.165, 1.54) is 0 Å². The standard InChI is InChI=1S/C15H22N2O2/c1-2-19-14(12-7-4-3-5-8-12)15(18)17-10-6-9-13(16)11-17/h3-5,7-8,13-14H,2,6,9-11,16H2,1H3/t13-,14+/m1/s1. The first-order chi connectivity index (χ1) is 9.22. The Balaban J connectivity index is 2.12. The van der Waals surface area contributed by atoms with Gasteiger partial charge in [-0.2, -0.15) is 0 Å². The van der Waals surface area contributed by atoms with E-state index in [4.69, 9.17) is 10.5 Å². The summed E-state index contributed by atoms with van der Waals surface area (Å²) in [5.74, 6) is 0.0307. The molecule has 0 saturated carbocycles. The molecule has 1 fully saturated rings. The fourth-order valence-corrected chi connectivity index (χ4v) is 2.48. The molecule has 1 heterocycles. The van der Waals surface area contributed by atoms with Crippen LogP contribution >= 0.6 is 0 Å². The van der Waals surface area contributed by atoms with E-state index in [0.29, 0.717) is 13.2 Å². The van der Waals surface area contributed by atoms with Gasteiger partial charge in [-0.05, 0) is 25.3 Å². The number of carbonyl (C=O) groups is 1. The number of rotatable bonds is 4. The number of ether oxygens (including phenoxy) is 1. The highest BCUT2D eigenvalue weighted by molar-refractivity contribution is 5.82. The van der Waals surface area contributed by atoms with Crippen molar-refractivity contribution >= 4 is 5.91 Å². The SMILES string of the molecule is CCO[C@H](C(=O)N1CCC[C@@H](N)C1)c1ccccc1. The van der Waals surface area contributed by atoms with Gasteiger partial charge in [-0.1, -0.05) is 30.3 Å². The molecule has 1 aliphatic heterocycles. The van der Waals surface area contributed by atoms with Crippen molar-refractivity contribution in [3.05, 3.63) is 35.9 Å². The maximum Gasteiger partial charge on any atom is 0.256 e. The second-order valence-electron chi connectivity index (χ2n) is 4.93. The maximum atomic E-state index is 12.6. The van der Waals surface area contributed by atoms with Crippen LogP contribution in [0.1, 0.15) is 31.4 Å². The Morgan fingerprint density at radius 3 is 2.84 bits per heavy atom. The predicted octanol–water partition coefficient (Wildman–Crippen LogP) is 1.71. The molecule has 1 aromatic rings. The lowest BCUT2D eigenvalue weighted by atomic mass is 10.0. The predicted molar refractivity (Wildman–Crippen MR) is 74.6 cm³/mol. The van der Waals surface area contributed by atoms with Crippen LogP contribution in [0.2, 0.25) is 0 Å². The van der Waals surface area contributed by atoms with Crippen LogP contribution in [0, 0.1) is 0 Å². The monoisotopic (exact) mass is 262 g/mol. The van der Waals surface area contributed by atoms with Gasteiger partial charge in [0.1, 0.15) is 0 Å². The van der Waals surface area contributed by atoms with Crippen molar-refractivity contribution in [2.75, 3.05) is 19.7 Å². The molecule has 1 aromatic carbocycles. The highest BCUT2D eigenvalue weighted by Crippen LogP contribution is 2.22. The number of nitrogens with zero attached hydrogens (tertiary/aromatic N) is 1. The van der Waals surface area contributed by atoms with Gasteiger partial charge < -0.3 is 15.4 Å². The minimum Gasteiger partial charge on any atom is -0.364 e. The number of amides is 1. The summed E-state index contributed by atoms with van der Waals surface area (Å²) >= 11 is 0. The molecule has 104 valence electrons. The molecule has 19 heavy (non-hydrogen) atoms. The zero-order valence-electron chi connectivity index (χ0n) is 11.4. The van der Waals surface area contributed by atoms with Gasteiger partial charge in [0.15, 0.2) is 6.10 Å². The molecule has 1 amide bonds. The van der Waals surface area contributed by atoms with Crippen molar-refractivity contribution in [3.8, 4) is 0 Å². The average molecular weight is 262 g/mol. The minimum absolute atomic E-state index is 0.0307. The molecule has 1 aliphatic rings. The lowest BCUT2D eigenvalue weighted by Crippen LogP contribution is -2.47. The summed E-state index contributed by atoms with van der Waals surface area (Å²) in [6, 6.07) is 9.75. The molecule has 1 saturated heterocycles. The Morgan fingerprint density at radius 1 is 1.47 bits per heavy atom. The summed E-state index contributed by atoms with van der Waals surface area (Å²) in [7, 11) is 0. The molecule has 0 spiro atoms. The summed E-state index contributed by atoms with van der Waals surface area (Å²) < 4.78 is 5.65. The molecule has 0 aliphatic carbocycles. The topological polar surface area (TPSA) is 55.6 Å². The van der Waals surface area contributed by atoms with Crippen LogP contribution in [0.5, 0.6) is 0 Å². The van der Waals surface area contributed by atoms with Crippen LogP contribution in [-0.2, 0) is 9.53 Å². The van der Waals surface area contributed by atoms with Crippen LogP contribution in [-0.4, -0.2) is 36.5 Å². The second-order valence-corrected chi connectivity index (χ2v) is 4.93. The van der Waals surface area contributed by atoms with E-state index < -0.39 is 6.10 Å². The van der Waals surface area contributed by atoms with E-state index >= 15 is 0 Å². The summed E-state index contributed by atoms with van der Waals surface area (Å²) in [5, 5.41) is 0. The lowest BCUT2D eigenvalue weighted by Gasteiger charge is -2.33. The molecule has 2 atom stereocenters. The van der Waals surface area contributed by atoms with Gasteiger partial charge in [0.25, 0.3) is 5.91 Å². The van der Waals surface area contributed by atoms with Crippen LogP contribution in [0.15, 0.2) is 30.3 Å². The van der Waals surface area contributed by atoms with Gasteiger partial charge in [0, 0.05) is 25.7 Å². The summed E-state index contributed by atoms with van der Waals surface area (Å²) in [6.07, 6.45) is 1.46. The van der Waals surface area contributed by atoms with Crippen LogP contribution in [0.25, 0.3) is 0 Å². The van der Waals surface area contributed by atoms with Crippen LogP contribution in [0.4, 0.5) is 0 Å². The maximum absolute atomic E-state index is 12.6. The van der Waals surface area contributed by atoms with E-state index in [9.17, 15) is 4.79 Å². The lowest BCUT2D eigenvalue weighted by molar-refractivity contribution is -0.145. The third-order valence-electron chi connectivity index (χ3n) is 3.43. The fraction of sp³-hybridized carbons (Fsp3) is 0.533. The molecule has 2 rings (SSSR count). The molecule has 0 bridgehead atoms. The van der Waals surface area contributed by atoms with Gasteiger partial charge in [-0.3, -0.25) is 4.79 Å². The molecule has 0 unspecified atom stereocenters. The number of carbonyl (C=O) groups excluding carboxylic acids is 1. The zero-order valence-corrected chi connectivity index (χ0v) is 11.4. The Bertz CT molecular complexity index is 408. The Labute approximate surface area is 114 Å². The number of hydrogen-bond donors (Lipinski definition) is 1. The summed E-state index contributed by atoms with van der Waals surface area (Å²) in [5.41, 5.74) is 6.85. The van der Waals surface area contributed by atoms with Crippen molar-refractivity contribution in [2.45, 2.75) is 31.9 Å². The quantitative estimate of drug-likeness (QED) is 0.898. The van der Waals surface area contributed by atoms with Crippen molar-refractivity contribution in [1.29, 1.82) is 0 Å². The molecule has 2 N–H and O–H groups in total. The fourth-order valence-electron chi connectivity index (χ4n) is 2.48. The van der Waals surface area contributed by atoms with E-state index in [-0.39, 0.29) is 11.9 Å². The third-order valence-corrected chi connectivity index (χ3v) is 3.43. The smallest absolute Gasteiger partial charge is 0.256 e. The number of piperidine rings is 1. The molecule has 4 heteroatoms. The van der Waals surface area contributed by atoms with Gasteiger partial charge in [0.2, 0.25) is 0 Å². The Morgan fingerprint density at radius 2 is 2.21 bits per heavy atom. The Kier molecular flexibility index (Phi) is 4.93. The Hall–Kier alpha value is -1.39. The molecular weight excluding hydrogens is 240 g/mol. The van der Waals surface area contributed by atoms with Gasteiger partial charge in [-0.25, -0.2) is 0 Å². The second kappa shape index (κ2) is 6.68. The highest BCUT2D eigenvalue weighted by Gasteiger charge is 2.29. The van der Waals surface area contributed by atoms with Crippen molar-refractivity contribution < 1.29 is 9.53 Å². The molecule has 0 radical (unpaired) electrons. The first-order valence-corrected chi connectivity index (χ1v) is 6.93. The van der Waals surface area contributed by atoms with E-state index in [0.717, 1.165) is 24.9 Å². The van der Waals surface area contributed by atoms with Crippen molar-refractivity contribution in [3.63, 3.8) is 0 Å². The van der Waals surface area contributed by atoms with E-state index in [1.807, 2.05) is 42.2 Å². The number of benzene rings is 1. The number of hydrogen-bond acceptors (Lipinski definition) is 3. The van der Waals surface area contributed by atoms with Gasteiger partial charge in [-0.15, -0.1) is 0 Å². The van der Waals surface area contributed by atoms with Crippen LogP contribution < -0.4 is 5.73 Å². The van der Waals surface area contributed by atoms with Gasteiger partial charge >= 0.3 is 0 Å². The average Bonchev–Trinajstić information content (AvgIpc) is 2.45. The number of likely N-dealkylation sites (tertiary alicyclic amines) is 1. The first-order valence-electron chi connectivity index (χ1n) is 6.93. The summed E-state index contributed by atoms with van der Waals surface area (Å²) in [6.45, 7) is 3.84. The van der Waals surface area contributed by atoms with E-state index in [1.54, 1.807) is 0 Å². The zero-order chi connectivity index (χ0) is 13.7. The molecular formula is C15H22N2O2. The molecule has 4 nitrogen and oxygen atoms in total. The van der Waals surface area contributed by atoms with Crippen molar-refractivity contribution in [1.82, 2.24) is 4.90 Å². The highest BCUT2D eigenvalue weighted by atomic mass is 16.5. The molecule has 0 aromatic heterocycles. The largest absolute Gasteiger partial charge is 0.364 e. The first kappa shape index (κ1) is 14.0.